The van der Waals surface area contributed by atoms with Crippen LogP contribution in [0.15, 0.2) is 18.3 Å². The average molecular weight is 285 g/mol. The minimum absolute atomic E-state index is 0.114. The quantitative estimate of drug-likeness (QED) is 0.592. The third kappa shape index (κ3) is 2.85. The molecule has 1 aliphatic heterocycles. The van der Waals surface area contributed by atoms with Crippen molar-refractivity contribution < 1.29 is 19.1 Å². The fourth-order valence-corrected chi connectivity index (χ4v) is 2.08. The number of aromatic nitrogens is 1. The van der Waals surface area contributed by atoms with Crippen molar-refractivity contribution in [1.29, 1.82) is 0 Å². The molecule has 19 heavy (non-hydrogen) atoms. The summed E-state index contributed by atoms with van der Waals surface area (Å²) in [5, 5.41) is 0.114. The van der Waals surface area contributed by atoms with Gasteiger partial charge in [-0.1, -0.05) is 11.6 Å². The van der Waals surface area contributed by atoms with Crippen LogP contribution >= 0.6 is 11.6 Å². The van der Waals surface area contributed by atoms with Crippen LogP contribution < -0.4 is 0 Å². The van der Waals surface area contributed by atoms with E-state index in [1.165, 1.54) is 18.2 Å². The highest BCUT2D eigenvalue weighted by Crippen LogP contribution is 2.18. The number of hydrogen-bond donors (Lipinski definition) is 0. The lowest BCUT2D eigenvalue weighted by Gasteiger charge is -2.33. The van der Waals surface area contributed by atoms with E-state index in [0.717, 1.165) is 0 Å². The molecular weight excluding hydrogens is 272 g/mol. The van der Waals surface area contributed by atoms with Gasteiger partial charge in [0.2, 0.25) is 0 Å². The van der Waals surface area contributed by atoms with E-state index in [-0.39, 0.29) is 23.2 Å². The Morgan fingerprint density at radius 1 is 1.58 bits per heavy atom. The summed E-state index contributed by atoms with van der Waals surface area (Å²) in [7, 11) is 1.27. The molecule has 0 spiro atoms. The molecule has 7 heteroatoms. The molecule has 0 aliphatic carbocycles. The average Bonchev–Trinajstić information content (AvgIpc) is 2.46. The first kappa shape index (κ1) is 13.8. The van der Waals surface area contributed by atoms with Crippen molar-refractivity contribution in [2.45, 2.75) is 6.04 Å². The molecule has 0 radical (unpaired) electrons. The number of hydrogen-bond acceptors (Lipinski definition) is 5. The van der Waals surface area contributed by atoms with Crippen LogP contribution in [0.25, 0.3) is 0 Å². The van der Waals surface area contributed by atoms with Crippen molar-refractivity contribution in [3.8, 4) is 0 Å². The highest BCUT2D eigenvalue weighted by molar-refractivity contribution is 6.32. The second-order valence-corrected chi connectivity index (χ2v) is 4.31. The molecule has 1 aromatic rings. The summed E-state index contributed by atoms with van der Waals surface area (Å²) in [6.45, 7) is 0.803. The molecule has 6 nitrogen and oxygen atoms in total. The zero-order valence-corrected chi connectivity index (χ0v) is 11.1. The van der Waals surface area contributed by atoms with Gasteiger partial charge < -0.3 is 14.4 Å². The van der Waals surface area contributed by atoms with Crippen LogP contribution in [0.3, 0.4) is 0 Å². The van der Waals surface area contributed by atoms with Gasteiger partial charge in [0, 0.05) is 12.7 Å². The number of carbonyl (C=O) groups is 2. The standard InChI is InChI=1S/C12H13ClN2O4/c1-18-12(17)9-7-19-6-5-15(9)11(16)8-3-2-4-14-10(8)13/h2-4,9H,5-7H2,1H3. The van der Waals surface area contributed by atoms with Gasteiger partial charge in [-0.3, -0.25) is 4.79 Å². The molecule has 0 aromatic carbocycles. The second-order valence-electron chi connectivity index (χ2n) is 3.95. The minimum atomic E-state index is -0.748. The van der Waals surface area contributed by atoms with Crippen LogP contribution in [-0.2, 0) is 14.3 Å². The first-order chi connectivity index (χ1) is 9.15. The fraction of sp³-hybridized carbons (Fsp3) is 0.417. The number of pyridine rings is 1. The van der Waals surface area contributed by atoms with Crippen LogP contribution in [-0.4, -0.2) is 54.7 Å². The summed E-state index contributed by atoms with van der Waals surface area (Å²) in [6.07, 6.45) is 1.50. The number of esters is 1. The molecule has 1 unspecified atom stereocenters. The molecule has 1 amide bonds. The Bertz CT molecular complexity index is 494. The van der Waals surface area contributed by atoms with Crippen LogP contribution in [0.1, 0.15) is 10.4 Å². The van der Waals surface area contributed by atoms with E-state index >= 15 is 0 Å². The highest BCUT2D eigenvalue weighted by atomic mass is 35.5. The summed E-state index contributed by atoms with van der Waals surface area (Å²) < 4.78 is 9.88. The Morgan fingerprint density at radius 3 is 3.05 bits per heavy atom. The van der Waals surface area contributed by atoms with Gasteiger partial charge in [0.25, 0.3) is 5.91 Å². The summed E-state index contributed by atoms with van der Waals surface area (Å²) in [5.41, 5.74) is 0.264. The maximum atomic E-state index is 12.4. The van der Waals surface area contributed by atoms with Crippen LogP contribution in [0, 0.1) is 0 Å². The number of rotatable bonds is 2. The zero-order valence-electron chi connectivity index (χ0n) is 10.3. The third-order valence-electron chi connectivity index (χ3n) is 2.85. The van der Waals surface area contributed by atoms with Crippen LogP contribution in [0.4, 0.5) is 0 Å². The van der Waals surface area contributed by atoms with E-state index in [1.807, 2.05) is 0 Å². The first-order valence-corrected chi connectivity index (χ1v) is 6.10. The molecule has 2 rings (SSSR count). The van der Waals surface area contributed by atoms with Crippen molar-refractivity contribution in [2.24, 2.45) is 0 Å². The molecule has 0 N–H and O–H groups in total. The number of ether oxygens (including phenoxy) is 2. The molecule has 1 aliphatic rings. The highest BCUT2D eigenvalue weighted by Gasteiger charge is 2.34. The van der Waals surface area contributed by atoms with Crippen molar-refractivity contribution in [2.75, 3.05) is 26.9 Å². The van der Waals surface area contributed by atoms with Gasteiger partial charge in [-0.2, -0.15) is 0 Å². The van der Waals surface area contributed by atoms with Gasteiger partial charge in [0.15, 0.2) is 6.04 Å². The SMILES string of the molecule is COC(=O)C1COCCN1C(=O)c1cccnc1Cl. The van der Waals surface area contributed by atoms with E-state index in [9.17, 15) is 9.59 Å². The molecule has 102 valence electrons. The second kappa shape index (κ2) is 5.99. The number of amides is 1. The lowest BCUT2D eigenvalue weighted by atomic mass is 10.1. The summed E-state index contributed by atoms with van der Waals surface area (Å²) in [5.74, 6) is -0.857. The Labute approximate surface area is 115 Å². The van der Waals surface area contributed by atoms with Crippen molar-refractivity contribution in [3.05, 3.63) is 29.0 Å². The van der Waals surface area contributed by atoms with Crippen molar-refractivity contribution in [1.82, 2.24) is 9.88 Å². The number of nitrogens with zero attached hydrogens (tertiary/aromatic N) is 2. The van der Waals surface area contributed by atoms with Gasteiger partial charge in [0.05, 0.1) is 25.9 Å². The maximum absolute atomic E-state index is 12.4. The Morgan fingerprint density at radius 2 is 2.37 bits per heavy atom. The van der Waals surface area contributed by atoms with Gasteiger partial charge >= 0.3 is 5.97 Å². The fourth-order valence-electron chi connectivity index (χ4n) is 1.88. The van der Waals surface area contributed by atoms with Crippen LogP contribution in [0.2, 0.25) is 5.15 Å². The summed E-state index contributed by atoms with van der Waals surface area (Å²) in [4.78, 5) is 29.3. The predicted octanol–water partition coefficient (Wildman–Crippen LogP) is 0.749. The van der Waals surface area contributed by atoms with Gasteiger partial charge in [-0.15, -0.1) is 0 Å². The zero-order chi connectivity index (χ0) is 13.8. The summed E-state index contributed by atoms with van der Waals surface area (Å²) in [6, 6.07) is 2.44. The van der Waals surface area contributed by atoms with E-state index < -0.39 is 12.0 Å². The van der Waals surface area contributed by atoms with Gasteiger partial charge in [-0.25, -0.2) is 9.78 Å². The topological polar surface area (TPSA) is 68.7 Å². The Kier molecular flexibility index (Phi) is 4.34. The van der Waals surface area contributed by atoms with E-state index in [4.69, 9.17) is 16.3 Å². The monoisotopic (exact) mass is 284 g/mol. The number of methoxy groups -OCH3 is 1. The molecule has 0 saturated carbocycles. The third-order valence-corrected chi connectivity index (χ3v) is 3.15. The normalized spacial score (nSPS) is 19.1. The molecule has 1 aromatic heterocycles. The Hall–Kier alpha value is -1.66. The van der Waals surface area contributed by atoms with Crippen molar-refractivity contribution in [3.63, 3.8) is 0 Å². The maximum Gasteiger partial charge on any atom is 0.331 e. The molecule has 1 saturated heterocycles. The van der Waals surface area contributed by atoms with E-state index in [1.54, 1.807) is 12.1 Å². The smallest absolute Gasteiger partial charge is 0.331 e. The summed E-state index contributed by atoms with van der Waals surface area (Å²) >= 11 is 5.89. The van der Waals surface area contributed by atoms with E-state index in [2.05, 4.69) is 9.72 Å². The Balaban J connectivity index is 2.25. The molecule has 1 atom stereocenters. The number of halogens is 1. The molecule has 2 heterocycles. The minimum Gasteiger partial charge on any atom is -0.467 e. The lowest BCUT2D eigenvalue weighted by Crippen LogP contribution is -2.53. The largest absolute Gasteiger partial charge is 0.467 e. The predicted molar refractivity (Wildman–Crippen MR) is 66.9 cm³/mol. The number of morpholine rings is 1. The molecule has 0 bridgehead atoms. The van der Waals surface area contributed by atoms with Crippen molar-refractivity contribution >= 4 is 23.5 Å². The molecule has 1 fully saturated rings. The number of carbonyl (C=O) groups excluding carboxylic acids is 2. The van der Waals surface area contributed by atoms with E-state index in [0.29, 0.717) is 13.2 Å². The molecular formula is C12H13ClN2O4. The lowest BCUT2D eigenvalue weighted by molar-refractivity contribution is -0.151. The van der Waals surface area contributed by atoms with Gasteiger partial charge in [-0.05, 0) is 12.1 Å². The first-order valence-electron chi connectivity index (χ1n) is 5.72. The van der Waals surface area contributed by atoms with Gasteiger partial charge in [0.1, 0.15) is 5.15 Å². The van der Waals surface area contributed by atoms with Crippen LogP contribution in [0.5, 0.6) is 0 Å².